The van der Waals surface area contributed by atoms with Crippen LogP contribution < -0.4 is 16.0 Å². The maximum absolute atomic E-state index is 13.2. The van der Waals surface area contributed by atoms with Gasteiger partial charge in [-0.05, 0) is 36.4 Å². The SMILES string of the molecule is COc1ccc2c3c(c(=O)n(-c4ccc(Cl)cc4)c(=O)n3C)n(C)c2c1. The van der Waals surface area contributed by atoms with Gasteiger partial charge in [-0.2, -0.15) is 0 Å². The number of benzene rings is 2. The summed E-state index contributed by atoms with van der Waals surface area (Å²) < 4.78 is 9.74. The molecule has 0 aliphatic heterocycles. The first-order valence-corrected chi connectivity index (χ1v) is 8.36. The van der Waals surface area contributed by atoms with Crippen LogP contribution in [0.2, 0.25) is 5.02 Å². The monoisotopic (exact) mass is 369 g/mol. The van der Waals surface area contributed by atoms with Gasteiger partial charge >= 0.3 is 5.69 Å². The lowest BCUT2D eigenvalue weighted by molar-refractivity contribution is 0.415. The maximum atomic E-state index is 13.2. The molecule has 0 unspecified atom stereocenters. The summed E-state index contributed by atoms with van der Waals surface area (Å²) in [7, 11) is 5.06. The van der Waals surface area contributed by atoms with E-state index in [0.717, 1.165) is 15.5 Å². The van der Waals surface area contributed by atoms with Crippen molar-refractivity contribution in [1.82, 2.24) is 13.7 Å². The highest BCUT2D eigenvalue weighted by molar-refractivity contribution is 6.30. The molecule has 132 valence electrons. The predicted octanol–water partition coefficient (Wildman–Crippen LogP) is 2.84. The molecule has 6 nitrogen and oxygen atoms in total. The van der Waals surface area contributed by atoms with Gasteiger partial charge in [0.05, 0.1) is 23.8 Å². The maximum Gasteiger partial charge on any atom is 0.335 e. The highest BCUT2D eigenvalue weighted by Crippen LogP contribution is 2.28. The first-order valence-electron chi connectivity index (χ1n) is 7.98. The average Bonchev–Trinajstić information content (AvgIpc) is 2.94. The van der Waals surface area contributed by atoms with E-state index in [-0.39, 0.29) is 5.56 Å². The average molecular weight is 370 g/mol. The molecule has 0 saturated carbocycles. The molecule has 0 bridgehead atoms. The first-order chi connectivity index (χ1) is 12.4. The smallest absolute Gasteiger partial charge is 0.335 e. The van der Waals surface area contributed by atoms with Gasteiger partial charge in [-0.25, -0.2) is 9.36 Å². The van der Waals surface area contributed by atoms with E-state index in [4.69, 9.17) is 16.3 Å². The van der Waals surface area contributed by atoms with Gasteiger partial charge in [0.25, 0.3) is 5.56 Å². The summed E-state index contributed by atoms with van der Waals surface area (Å²) in [5.41, 5.74) is 1.57. The third kappa shape index (κ3) is 2.19. The lowest BCUT2D eigenvalue weighted by atomic mass is 10.2. The van der Waals surface area contributed by atoms with Crippen molar-refractivity contribution in [2.45, 2.75) is 0 Å². The Morgan fingerprint density at radius 3 is 2.27 bits per heavy atom. The van der Waals surface area contributed by atoms with Crippen LogP contribution in [0.25, 0.3) is 27.6 Å². The first kappa shape index (κ1) is 16.5. The Balaban J connectivity index is 2.20. The second-order valence-electron chi connectivity index (χ2n) is 6.10. The van der Waals surface area contributed by atoms with Crippen LogP contribution in [-0.4, -0.2) is 20.8 Å². The van der Waals surface area contributed by atoms with Crippen molar-refractivity contribution in [3.8, 4) is 11.4 Å². The number of ether oxygens (including phenoxy) is 1. The van der Waals surface area contributed by atoms with E-state index in [9.17, 15) is 9.59 Å². The Kier molecular flexibility index (Phi) is 3.66. The molecule has 0 radical (unpaired) electrons. The van der Waals surface area contributed by atoms with Crippen LogP contribution in [0.5, 0.6) is 5.75 Å². The fraction of sp³-hybridized carbons (Fsp3) is 0.158. The minimum Gasteiger partial charge on any atom is -0.497 e. The largest absolute Gasteiger partial charge is 0.497 e. The zero-order chi connectivity index (χ0) is 18.6. The van der Waals surface area contributed by atoms with Gasteiger partial charge in [0.1, 0.15) is 11.3 Å². The molecule has 2 heterocycles. The summed E-state index contributed by atoms with van der Waals surface area (Å²) in [5, 5.41) is 1.36. The van der Waals surface area contributed by atoms with E-state index in [1.165, 1.54) is 4.57 Å². The number of halogens is 1. The van der Waals surface area contributed by atoms with Crippen molar-refractivity contribution < 1.29 is 4.74 Å². The van der Waals surface area contributed by atoms with Crippen molar-refractivity contribution in [2.24, 2.45) is 14.1 Å². The van der Waals surface area contributed by atoms with Crippen molar-refractivity contribution in [1.29, 1.82) is 0 Å². The second kappa shape index (κ2) is 5.78. The van der Waals surface area contributed by atoms with Gasteiger partial charge in [0, 0.05) is 30.6 Å². The molecule has 4 aromatic rings. The number of hydrogen-bond acceptors (Lipinski definition) is 3. The van der Waals surface area contributed by atoms with Crippen molar-refractivity contribution >= 4 is 33.5 Å². The van der Waals surface area contributed by atoms with Gasteiger partial charge < -0.3 is 9.30 Å². The molecule has 0 N–H and O–H groups in total. The molecule has 0 fully saturated rings. The Labute approximate surface area is 153 Å². The van der Waals surface area contributed by atoms with Gasteiger partial charge in [-0.1, -0.05) is 11.6 Å². The molecule has 0 aliphatic rings. The molecule has 0 amide bonds. The number of methoxy groups -OCH3 is 1. The quantitative estimate of drug-likeness (QED) is 0.546. The summed E-state index contributed by atoms with van der Waals surface area (Å²) in [6, 6.07) is 12.1. The summed E-state index contributed by atoms with van der Waals surface area (Å²) in [5.74, 6) is 0.687. The second-order valence-corrected chi connectivity index (χ2v) is 6.53. The van der Waals surface area contributed by atoms with Gasteiger partial charge in [0.2, 0.25) is 0 Å². The lowest BCUT2D eigenvalue weighted by Gasteiger charge is -2.09. The molecule has 26 heavy (non-hydrogen) atoms. The van der Waals surface area contributed by atoms with E-state index in [2.05, 4.69) is 0 Å². The lowest BCUT2D eigenvalue weighted by Crippen LogP contribution is -2.38. The van der Waals surface area contributed by atoms with Crippen LogP contribution in [0.15, 0.2) is 52.1 Å². The summed E-state index contributed by atoms with van der Waals surface area (Å²) in [6.45, 7) is 0. The topological polar surface area (TPSA) is 58.2 Å². The van der Waals surface area contributed by atoms with Crippen LogP contribution in [0, 0.1) is 0 Å². The number of aromatic nitrogens is 3. The molecule has 0 spiro atoms. The Morgan fingerprint density at radius 2 is 1.62 bits per heavy atom. The molecule has 0 aliphatic carbocycles. The van der Waals surface area contributed by atoms with Crippen LogP contribution in [0.1, 0.15) is 0 Å². The Hall–Kier alpha value is -2.99. The molecule has 2 aromatic heterocycles. The molecule has 0 atom stereocenters. The van der Waals surface area contributed by atoms with Crippen molar-refractivity contribution in [3.05, 3.63) is 68.3 Å². The molecule has 4 rings (SSSR count). The third-order valence-electron chi connectivity index (χ3n) is 4.69. The van der Waals surface area contributed by atoms with Gasteiger partial charge in [-0.15, -0.1) is 0 Å². The number of nitrogens with zero attached hydrogens (tertiary/aromatic N) is 3. The number of hydrogen-bond donors (Lipinski definition) is 0. The van der Waals surface area contributed by atoms with E-state index in [1.807, 2.05) is 25.2 Å². The van der Waals surface area contributed by atoms with E-state index in [0.29, 0.717) is 27.5 Å². The Morgan fingerprint density at radius 1 is 0.923 bits per heavy atom. The van der Waals surface area contributed by atoms with E-state index in [1.54, 1.807) is 43.0 Å². The molecular formula is C19H16ClN3O3. The van der Waals surface area contributed by atoms with Crippen molar-refractivity contribution in [2.75, 3.05) is 7.11 Å². The Bertz CT molecular complexity index is 1280. The molecular weight excluding hydrogens is 354 g/mol. The molecule has 7 heteroatoms. The zero-order valence-corrected chi connectivity index (χ0v) is 15.2. The van der Waals surface area contributed by atoms with Gasteiger partial charge in [0.15, 0.2) is 0 Å². The van der Waals surface area contributed by atoms with Crippen LogP contribution in [0.3, 0.4) is 0 Å². The van der Waals surface area contributed by atoms with Crippen LogP contribution in [-0.2, 0) is 14.1 Å². The van der Waals surface area contributed by atoms with Crippen LogP contribution in [0.4, 0.5) is 0 Å². The van der Waals surface area contributed by atoms with Crippen molar-refractivity contribution in [3.63, 3.8) is 0 Å². The standard InChI is InChI=1S/C19H16ClN3O3/c1-21-15-10-13(26-3)8-9-14(15)16-17(21)18(24)23(19(25)22(16)2)12-6-4-11(20)5-7-12/h4-10H,1-3H3. The third-order valence-corrected chi connectivity index (χ3v) is 4.94. The summed E-state index contributed by atoms with van der Waals surface area (Å²) in [4.78, 5) is 26.1. The number of rotatable bonds is 2. The minimum atomic E-state index is -0.409. The minimum absolute atomic E-state index is 0.372. The number of fused-ring (bicyclic) bond motifs is 3. The summed E-state index contributed by atoms with van der Waals surface area (Å²) in [6.07, 6.45) is 0. The predicted molar refractivity (Wildman–Crippen MR) is 103 cm³/mol. The highest BCUT2D eigenvalue weighted by atomic mass is 35.5. The van der Waals surface area contributed by atoms with E-state index < -0.39 is 5.69 Å². The fourth-order valence-electron chi connectivity index (χ4n) is 3.36. The van der Waals surface area contributed by atoms with E-state index >= 15 is 0 Å². The highest BCUT2D eigenvalue weighted by Gasteiger charge is 2.19. The zero-order valence-electron chi connectivity index (χ0n) is 14.5. The number of aryl methyl sites for hydroxylation is 2. The normalized spacial score (nSPS) is 11.4. The van der Waals surface area contributed by atoms with Crippen LogP contribution >= 0.6 is 11.6 Å². The molecule has 0 saturated heterocycles. The van der Waals surface area contributed by atoms with Gasteiger partial charge in [-0.3, -0.25) is 9.36 Å². The molecule has 2 aromatic carbocycles. The summed E-state index contributed by atoms with van der Waals surface area (Å²) >= 11 is 5.93. The fourth-order valence-corrected chi connectivity index (χ4v) is 3.49.